The van der Waals surface area contributed by atoms with Crippen molar-refractivity contribution in [3.8, 4) is 0 Å². The van der Waals surface area contributed by atoms with E-state index in [-0.39, 0.29) is 32.7 Å². The second kappa shape index (κ2) is 98.9. The van der Waals surface area contributed by atoms with E-state index >= 15 is 0 Å². The van der Waals surface area contributed by atoms with Crippen LogP contribution in [0.1, 0.15) is 0 Å². The van der Waals surface area contributed by atoms with Crippen LogP contribution in [0, 0.1) is 0 Å². The molecule has 3 nitrogen and oxygen atoms in total. The van der Waals surface area contributed by atoms with Crippen molar-refractivity contribution in [1.82, 2.24) is 0 Å². The first kappa shape index (κ1) is 25.0. The van der Waals surface area contributed by atoms with E-state index in [4.69, 9.17) is 3.25 Å². The van der Waals surface area contributed by atoms with E-state index in [1.165, 1.54) is 0 Å². The van der Waals surface area contributed by atoms with Crippen LogP contribution < -0.4 is 0 Å². The third kappa shape index (κ3) is 24.8. The molecule has 0 fully saturated rings. The molecule has 0 aliphatic carbocycles. The van der Waals surface area contributed by atoms with Crippen LogP contribution in [0.5, 0.6) is 0 Å². The molecular formula is H4NO2Ta-. The topological polar surface area (TPSA) is 82.1 Å². The minimum absolute atomic E-state index is 0. The molecule has 0 atom stereocenters. The molecule has 4 heteroatoms. The fraction of sp³-hybridized carbons (Fsp3) is 0. The van der Waals surface area contributed by atoms with Gasteiger partial charge in [-0.25, -0.2) is 0 Å². The van der Waals surface area contributed by atoms with Gasteiger partial charge >= 0.3 is 24.3 Å². The van der Waals surface area contributed by atoms with Crippen molar-refractivity contribution < 1.29 is 29.8 Å². The first-order valence-corrected chi connectivity index (χ1v) is 1.49. The van der Waals surface area contributed by atoms with Crippen molar-refractivity contribution in [3.63, 3.8) is 0 Å². The quantitative estimate of drug-likeness (QED) is 0.566. The molecule has 0 spiro atoms. The molecule has 27 valence electrons. The molecule has 0 aliphatic rings. The summed E-state index contributed by atoms with van der Waals surface area (Å²) in [4.78, 5) is 0. The molecule has 0 aromatic carbocycles. The summed E-state index contributed by atoms with van der Waals surface area (Å²) >= 11 is 0.194. The van der Waals surface area contributed by atoms with Crippen molar-refractivity contribution in [2.24, 2.45) is 0 Å². The molecule has 0 aromatic rings. The second-order valence-corrected chi connectivity index (χ2v) is 0. The first-order chi connectivity index (χ1) is 1.00. The zero-order valence-electron chi connectivity index (χ0n) is 1.93. The zero-order valence-corrected chi connectivity index (χ0v) is 5.15. The Balaban J connectivity index is -0.00000000500. The predicted octanol–water partition coefficient (Wildman–Crippen LogP) is -0.229. The van der Waals surface area contributed by atoms with E-state index in [1.54, 1.807) is 0 Å². The van der Waals surface area contributed by atoms with Gasteiger partial charge in [-0.3, -0.25) is 0 Å². The predicted molar refractivity (Wildman–Crippen MR) is 9.58 cm³/mol. The van der Waals surface area contributed by atoms with E-state index in [0.717, 1.165) is 0 Å². The van der Waals surface area contributed by atoms with Gasteiger partial charge < -0.3 is 11.6 Å². The fourth-order valence-electron chi connectivity index (χ4n) is 0. The van der Waals surface area contributed by atoms with Crippen LogP contribution >= 0.6 is 0 Å². The Kier molecular flexibility index (Phi) is 619. The maximum absolute atomic E-state index is 8.36. The van der Waals surface area contributed by atoms with Gasteiger partial charge in [-0.2, -0.15) is 0 Å². The van der Waals surface area contributed by atoms with Gasteiger partial charge in [0.25, 0.3) is 0 Å². The minimum atomic E-state index is 0. The molecular weight excluding hydrogens is 227 g/mol. The molecule has 0 saturated heterocycles. The summed E-state index contributed by atoms with van der Waals surface area (Å²) in [5, 5.41) is 0. The molecule has 4 heavy (non-hydrogen) atoms. The summed E-state index contributed by atoms with van der Waals surface area (Å²) in [5.41, 5.74) is 0. The standard InChI is InChI=1S/H2N.H2O.O.Ta/h2*1H2;;/q-1;;;. The number of rotatable bonds is 0. The Morgan fingerprint density at radius 1 is 1.25 bits per heavy atom. The summed E-state index contributed by atoms with van der Waals surface area (Å²) in [5.74, 6) is 0. The molecule has 0 amide bonds. The second-order valence-electron chi connectivity index (χ2n) is 0. The Hall–Kier alpha value is 0.460. The fourth-order valence-corrected chi connectivity index (χ4v) is 0. The summed E-state index contributed by atoms with van der Waals surface area (Å²) in [6, 6.07) is 0. The van der Waals surface area contributed by atoms with Gasteiger partial charge in [0.2, 0.25) is 0 Å². The molecule has 0 saturated carbocycles. The summed E-state index contributed by atoms with van der Waals surface area (Å²) in [6.07, 6.45) is 0. The van der Waals surface area contributed by atoms with Gasteiger partial charge in [0, 0.05) is 0 Å². The average Bonchev–Trinajstić information content (AvgIpc) is 1.00. The molecule has 0 aromatic heterocycles. The number of nitrogens with two attached hydrogens (primary N) is 1. The van der Waals surface area contributed by atoms with Crippen LogP contribution in [0.25, 0.3) is 6.15 Å². The van der Waals surface area contributed by atoms with E-state index in [2.05, 4.69) is 0 Å². The van der Waals surface area contributed by atoms with Gasteiger partial charge in [0.1, 0.15) is 0 Å². The van der Waals surface area contributed by atoms with Crippen molar-refractivity contribution in [2.45, 2.75) is 0 Å². The van der Waals surface area contributed by atoms with E-state index in [9.17, 15) is 0 Å². The summed E-state index contributed by atoms with van der Waals surface area (Å²) < 4.78 is 8.36. The van der Waals surface area contributed by atoms with Crippen LogP contribution in [0.2, 0.25) is 0 Å². The van der Waals surface area contributed by atoms with Crippen molar-refractivity contribution >= 4 is 0 Å². The molecule has 0 heterocycles. The summed E-state index contributed by atoms with van der Waals surface area (Å²) in [7, 11) is 0. The average molecular weight is 231 g/mol. The van der Waals surface area contributed by atoms with E-state index in [1.807, 2.05) is 0 Å². The van der Waals surface area contributed by atoms with Gasteiger partial charge in [0.05, 0.1) is 0 Å². The van der Waals surface area contributed by atoms with Crippen LogP contribution in [-0.2, 0) is 24.3 Å². The molecule has 4 N–H and O–H groups in total. The Morgan fingerprint density at radius 2 is 1.25 bits per heavy atom. The molecule has 0 bridgehead atoms. The van der Waals surface area contributed by atoms with Crippen LogP contribution in [0.4, 0.5) is 0 Å². The number of hydrogen-bond acceptors (Lipinski definition) is 1. The SMILES string of the molecule is O.[NH2-].[O]=[Ta]. The Bertz CT molecular complexity index is 6.00. The number of hydrogen-bond donors (Lipinski definition) is 0. The Morgan fingerprint density at radius 3 is 1.25 bits per heavy atom. The molecule has 0 unspecified atom stereocenters. The summed E-state index contributed by atoms with van der Waals surface area (Å²) in [6.45, 7) is 0. The molecule has 0 rings (SSSR count). The van der Waals surface area contributed by atoms with Gasteiger partial charge in [-0.1, -0.05) is 0 Å². The van der Waals surface area contributed by atoms with E-state index in [0.29, 0.717) is 0 Å². The van der Waals surface area contributed by atoms with Crippen molar-refractivity contribution in [2.75, 3.05) is 0 Å². The van der Waals surface area contributed by atoms with Gasteiger partial charge in [0.15, 0.2) is 0 Å². The van der Waals surface area contributed by atoms with Gasteiger partial charge in [-0.05, 0) is 0 Å². The van der Waals surface area contributed by atoms with Crippen LogP contribution in [0.15, 0.2) is 0 Å². The maximum atomic E-state index is 8.36. The normalized spacial score (nSPS) is 0.750. The van der Waals surface area contributed by atoms with Crippen LogP contribution in [0.3, 0.4) is 0 Å². The molecule has 0 aliphatic heterocycles. The van der Waals surface area contributed by atoms with Crippen LogP contribution in [-0.4, -0.2) is 5.48 Å². The Labute approximate surface area is 36.5 Å². The monoisotopic (exact) mass is 231 g/mol. The third-order valence-corrected chi connectivity index (χ3v) is 0. The van der Waals surface area contributed by atoms with E-state index < -0.39 is 0 Å². The van der Waals surface area contributed by atoms with Crippen molar-refractivity contribution in [3.05, 3.63) is 6.15 Å². The van der Waals surface area contributed by atoms with Gasteiger partial charge in [-0.15, -0.1) is 0 Å². The third-order valence-electron chi connectivity index (χ3n) is 0. The first-order valence-electron chi connectivity index (χ1n) is 0.183. The zero-order chi connectivity index (χ0) is 2.00. The van der Waals surface area contributed by atoms with Crippen molar-refractivity contribution in [1.29, 1.82) is 0 Å². The molecule has 0 radical (unpaired) electrons.